The second-order valence-electron chi connectivity index (χ2n) is 13.8. The van der Waals surface area contributed by atoms with E-state index in [1.54, 1.807) is 0 Å². The van der Waals surface area contributed by atoms with E-state index in [0.717, 1.165) is 55.6 Å². The number of hydrogen-bond donors (Lipinski definition) is 0. The Morgan fingerprint density at radius 2 is 0.841 bits per heavy atom. The van der Waals surface area contributed by atoms with Crippen molar-refractivity contribution in [1.82, 2.24) is 19.1 Å². The van der Waals surface area contributed by atoms with E-state index >= 15 is 0 Å². The van der Waals surface area contributed by atoms with Crippen LogP contribution in [0.5, 0.6) is 0 Å². The number of hydrogen-bond acceptors (Lipinski definition) is 2. The third-order valence-electron chi connectivity index (χ3n) is 8.86. The van der Waals surface area contributed by atoms with E-state index in [1.165, 1.54) is 21.9 Å². The predicted molar refractivity (Wildman–Crippen MR) is 188 cm³/mol. The van der Waals surface area contributed by atoms with Crippen LogP contribution in [0, 0.1) is 0 Å². The van der Waals surface area contributed by atoms with Gasteiger partial charge in [-0.2, -0.15) is 0 Å². The van der Waals surface area contributed by atoms with Crippen molar-refractivity contribution in [2.45, 2.75) is 52.4 Å². The Labute approximate surface area is 259 Å². The largest absolute Gasteiger partial charge is 0.293 e. The minimum absolute atomic E-state index is 0.0485. The summed E-state index contributed by atoms with van der Waals surface area (Å²) in [6.07, 6.45) is 7.56. The first-order valence-electron chi connectivity index (χ1n) is 15.2. The van der Waals surface area contributed by atoms with Crippen LogP contribution in [-0.2, 0) is 10.8 Å². The summed E-state index contributed by atoms with van der Waals surface area (Å²) < 4.78 is 4.44. The van der Waals surface area contributed by atoms with E-state index in [-0.39, 0.29) is 10.8 Å². The summed E-state index contributed by atoms with van der Waals surface area (Å²) in [4.78, 5) is 10.1. The molecule has 0 unspecified atom stereocenters. The average molecular weight is 575 g/mol. The van der Waals surface area contributed by atoms with Crippen LogP contribution in [0.2, 0.25) is 0 Å². The first kappa shape index (κ1) is 27.8. The Morgan fingerprint density at radius 3 is 1.16 bits per heavy atom. The zero-order valence-corrected chi connectivity index (χ0v) is 26.4. The van der Waals surface area contributed by atoms with Crippen LogP contribution in [0.15, 0.2) is 98.3 Å². The topological polar surface area (TPSA) is 35.6 Å². The number of nitrogens with zero attached hydrogens (tertiary/aromatic N) is 4. The number of aromatic nitrogens is 4. The van der Waals surface area contributed by atoms with Crippen LogP contribution >= 0.6 is 0 Å². The monoisotopic (exact) mass is 574 g/mol. The molecule has 0 atom stereocenters. The van der Waals surface area contributed by atoms with Gasteiger partial charge >= 0.3 is 0 Å². The SMILES string of the molecule is C=Cc1ccc2c(c1)c1cc(C=C)ccc1n2-c1cnc(-n2c3ccc(C(C)(C)C)cc3c3cc(C(C)(C)C)ccc32)cn1. The number of rotatable bonds is 4. The second-order valence-corrected chi connectivity index (χ2v) is 13.8. The van der Waals surface area contributed by atoms with Gasteiger partial charge in [0.15, 0.2) is 11.6 Å². The molecule has 0 saturated heterocycles. The Hall–Kier alpha value is -4.96. The van der Waals surface area contributed by atoms with Crippen molar-refractivity contribution in [2.75, 3.05) is 0 Å². The van der Waals surface area contributed by atoms with Crippen LogP contribution in [0.3, 0.4) is 0 Å². The average Bonchev–Trinajstić information content (AvgIpc) is 3.51. The van der Waals surface area contributed by atoms with E-state index in [0.29, 0.717) is 0 Å². The molecule has 44 heavy (non-hydrogen) atoms. The molecule has 4 heteroatoms. The molecule has 3 aromatic heterocycles. The number of benzene rings is 4. The molecule has 7 aromatic rings. The summed E-state index contributed by atoms with van der Waals surface area (Å²) >= 11 is 0. The molecule has 0 aliphatic heterocycles. The molecule has 0 bridgehead atoms. The van der Waals surface area contributed by atoms with Crippen molar-refractivity contribution >= 4 is 55.8 Å². The van der Waals surface area contributed by atoms with Crippen molar-refractivity contribution in [3.8, 4) is 11.6 Å². The molecule has 0 saturated carbocycles. The molecule has 3 heterocycles. The maximum atomic E-state index is 5.05. The van der Waals surface area contributed by atoms with Crippen molar-refractivity contribution < 1.29 is 0 Å². The van der Waals surface area contributed by atoms with Gasteiger partial charge in [0.1, 0.15) is 0 Å². The Bertz CT molecular complexity index is 2130. The lowest BCUT2D eigenvalue weighted by Gasteiger charge is -2.19. The number of fused-ring (bicyclic) bond motifs is 6. The molecule has 0 aliphatic rings. The van der Waals surface area contributed by atoms with Gasteiger partial charge in [0, 0.05) is 21.5 Å². The van der Waals surface area contributed by atoms with Gasteiger partial charge in [0.2, 0.25) is 0 Å². The van der Waals surface area contributed by atoms with Gasteiger partial charge in [-0.25, -0.2) is 9.97 Å². The third kappa shape index (κ3) is 4.36. The van der Waals surface area contributed by atoms with Crippen molar-refractivity contribution in [3.05, 3.63) is 121 Å². The lowest BCUT2D eigenvalue weighted by atomic mass is 9.85. The van der Waals surface area contributed by atoms with Crippen molar-refractivity contribution in [1.29, 1.82) is 0 Å². The lowest BCUT2D eigenvalue weighted by Crippen LogP contribution is -2.10. The zero-order valence-electron chi connectivity index (χ0n) is 26.4. The molecule has 0 amide bonds. The maximum absolute atomic E-state index is 5.05. The van der Waals surface area contributed by atoms with E-state index < -0.39 is 0 Å². The van der Waals surface area contributed by atoms with Crippen LogP contribution < -0.4 is 0 Å². The maximum Gasteiger partial charge on any atom is 0.156 e. The molecular weight excluding hydrogens is 536 g/mol. The highest BCUT2D eigenvalue weighted by molar-refractivity contribution is 6.11. The molecule has 0 radical (unpaired) electrons. The van der Waals surface area contributed by atoms with Gasteiger partial charge in [-0.15, -0.1) is 0 Å². The van der Waals surface area contributed by atoms with Crippen LogP contribution in [0.1, 0.15) is 63.8 Å². The predicted octanol–water partition coefficient (Wildman–Crippen LogP) is 10.6. The normalized spacial score (nSPS) is 12.5. The van der Waals surface area contributed by atoms with Crippen molar-refractivity contribution in [2.24, 2.45) is 0 Å². The first-order valence-corrected chi connectivity index (χ1v) is 15.2. The van der Waals surface area contributed by atoms with Gasteiger partial charge in [-0.05, 0) is 81.6 Å². The molecular formula is C40H38N4. The Morgan fingerprint density at radius 1 is 0.500 bits per heavy atom. The summed E-state index contributed by atoms with van der Waals surface area (Å²) in [7, 11) is 0. The van der Waals surface area contributed by atoms with Gasteiger partial charge in [-0.3, -0.25) is 9.13 Å². The highest BCUT2D eigenvalue weighted by Gasteiger charge is 2.22. The first-order chi connectivity index (χ1) is 21.0. The van der Waals surface area contributed by atoms with E-state index in [1.807, 2.05) is 24.5 Å². The summed E-state index contributed by atoms with van der Waals surface area (Å²) in [6, 6.07) is 26.5. The van der Waals surface area contributed by atoms with Crippen molar-refractivity contribution in [3.63, 3.8) is 0 Å². The molecule has 4 nitrogen and oxygen atoms in total. The summed E-state index contributed by atoms with van der Waals surface area (Å²) in [6.45, 7) is 21.6. The highest BCUT2D eigenvalue weighted by atomic mass is 15.1. The Kier molecular flexibility index (Phi) is 6.19. The molecule has 4 aromatic carbocycles. The summed E-state index contributed by atoms with van der Waals surface area (Å²) in [5.74, 6) is 1.57. The fourth-order valence-corrected chi connectivity index (χ4v) is 6.31. The van der Waals surface area contributed by atoms with Crippen LogP contribution in [0.4, 0.5) is 0 Å². The van der Waals surface area contributed by atoms with Crippen LogP contribution in [0.25, 0.3) is 67.4 Å². The van der Waals surface area contributed by atoms with E-state index in [2.05, 4.69) is 137 Å². The molecule has 218 valence electrons. The minimum atomic E-state index is 0.0485. The molecule has 0 N–H and O–H groups in total. The fourth-order valence-electron chi connectivity index (χ4n) is 6.31. The second kappa shape index (κ2) is 9.78. The molecule has 0 aliphatic carbocycles. The quantitative estimate of drug-likeness (QED) is 0.210. The van der Waals surface area contributed by atoms with E-state index in [9.17, 15) is 0 Å². The third-order valence-corrected chi connectivity index (χ3v) is 8.86. The van der Waals surface area contributed by atoms with Gasteiger partial charge in [0.05, 0.1) is 34.5 Å². The van der Waals surface area contributed by atoms with E-state index in [4.69, 9.17) is 9.97 Å². The molecule has 7 rings (SSSR count). The standard InChI is InChI=1S/C40H38N4/c1-9-25-11-15-33-29(19-25)30-20-26(10-2)12-16-34(30)43(33)37-23-42-38(24-41-37)44-35-17-13-27(39(3,4)5)21-31(35)32-22-28(40(6,7)8)14-18-36(32)44/h9-24H,1-2H2,3-8H3. The lowest BCUT2D eigenvalue weighted by molar-refractivity contribution is 0.590. The summed E-state index contributed by atoms with van der Waals surface area (Å²) in [5.41, 5.74) is 9.31. The van der Waals surface area contributed by atoms with Gasteiger partial charge < -0.3 is 0 Å². The fraction of sp³-hybridized carbons (Fsp3) is 0.200. The molecule has 0 fully saturated rings. The van der Waals surface area contributed by atoms with Gasteiger partial charge in [-0.1, -0.05) is 91.1 Å². The van der Waals surface area contributed by atoms with Crippen LogP contribution in [-0.4, -0.2) is 19.1 Å². The molecule has 0 spiro atoms. The minimum Gasteiger partial charge on any atom is -0.293 e. The zero-order chi connectivity index (χ0) is 31.0. The highest BCUT2D eigenvalue weighted by Crippen LogP contribution is 2.38. The summed E-state index contributed by atoms with van der Waals surface area (Å²) in [5, 5.41) is 4.78. The smallest absolute Gasteiger partial charge is 0.156 e. The van der Waals surface area contributed by atoms with Gasteiger partial charge in [0.25, 0.3) is 0 Å². The Balaban J connectivity index is 1.44.